The molecular weight excluding hydrogens is 77.7 g/mol. The first kappa shape index (κ1) is 5.35. The van der Waals surface area contributed by atoms with Gasteiger partial charge in [-0.1, -0.05) is 0 Å². The van der Waals surface area contributed by atoms with E-state index >= 15 is 0 Å². The molecule has 0 aromatic rings. The Morgan fingerprint density at radius 3 is 2.20 bits per heavy atom. The molecule has 0 heterocycles. The maximum atomic E-state index is 5.21. The van der Waals surface area contributed by atoms with Gasteiger partial charge in [-0.3, -0.25) is 0 Å². The molecule has 0 aliphatic heterocycles. The van der Waals surface area contributed by atoms with Gasteiger partial charge in [0, 0.05) is 0 Å². The van der Waals surface area contributed by atoms with Crippen molar-refractivity contribution in [2.45, 2.75) is 6.92 Å². The molecule has 0 amide bonds. The van der Waals surface area contributed by atoms with Crippen molar-refractivity contribution in [2.75, 3.05) is 5.75 Å². The van der Waals surface area contributed by atoms with Crippen molar-refractivity contribution in [3.05, 3.63) is 0 Å². The molecule has 0 atom stereocenters. The van der Waals surface area contributed by atoms with Crippen LogP contribution in [0.4, 0.5) is 0 Å². The average Bonchev–Trinajstić information content (AvgIpc) is 1.38. The summed E-state index contributed by atoms with van der Waals surface area (Å²) in [7, 11) is -0.0725. The first-order valence-corrected chi connectivity index (χ1v) is 3.15. The molecule has 0 fully saturated rings. The molecule has 0 aliphatic rings. The fourth-order valence-corrected chi connectivity index (χ4v) is 0. The Balaban J connectivity index is 3.39. The second-order valence-corrected chi connectivity index (χ2v) is 2.48. The Labute approximate surface area is 36.3 Å². The van der Waals surface area contributed by atoms with E-state index in [0.717, 1.165) is 5.75 Å². The van der Waals surface area contributed by atoms with Gasteiger partial charge in [-0.25, -0.2) is 0 Å². The summed E-state index contributed by atoms with van der Waals surface area (Å²) in [4.78, 5) is 0. The summed E-state index contributed by atoms with van der Waals surface area (Å²) in [5.41, 5.74) is 0. The normalized spacial score (nSPS) is 7.60. The van der Waals surface area contributed by atoms with Crippen LogP contribution in [0.2, 0.25) is 0 Å². The van der Waals surface area contributed by atoms with Crippen LogP contribution in [0.5, 0.6) is 0 Å². The molecule has 0 N–H and O–H groups in total. The van der Waals surface area contributed by atoms with Gasteiger partial charge in [0.05, 0.1) is 0 Å². The molecule has 0 rings (SSSR count). The van der Waals surface area contributed by atoms with Gasteiger partial charge in [0.15, 0.2) is 0 Å². The fourth-order valence-electron chi connectivity index (χ4n) is 0. The third kappa shape index (κ3) is 4.35. The van der Waals surface area contributed by atoms with E-state index in [9.17, 15) is 0 Å². The van der Waals surface area contributed by atoms with Crippen molar-refractivity contribution in [2.24, 2.45) is 0 Å². The average molecular weight is 83.8 g/mol. The molecule has 0 aromatic heterocycles. The van der Waals surface area contributed by atoms with E-state index in [1.54, 1.807) is 0 Å². The first-order valence-electron chi connectivity index (χ1n) is 1.52. The van der Waals surface area contributed by atoms with Gasteiger partial charge in [-0.2, -0.15) is 0 Å². The van der Waals surface area contributed by atoms with E-state index < -0.39 is 0 Å². The summed E-state index contributed by atoms with van der Waals surface area (Å²) in [5.74, 6) is 1.00. The molecule has 0 nitrogen and oxygen atoms in total. The Hall–Kier alpha value is 0.350. The Kier molecular flexibility index (Phi) is 2.76. The molecule has 0 aliphatic carbocycles. The monoisotopic (exact) mass is 84.0 g/mol. The SMILES string of the molecule is B#S(=B)CC. The molecule has 0 bridgehead atoms. The zero-order valence-electron chi connectivity index (χ0n) is 3.40. The Bertz CT molecular complexity index is 109. The van der Waals surface area contributed by atoms with E-state index in [1.807, 2.05) is 6.92 Å². The van der Waals surface area contributed by atoms with Crippen LogP contribution < -0.4 is 0 Å². The first-order chi connectivity index (χ1) is 2.27. The summed E-state index contributed by atoms with van der Waals surface area (Å²) < 4.78 is 0. The summed E-state index contributed by atoms with van der Waals surface area (Å²) in [6, 6.07) is 0. The third-order valence-corrected chi connectivity index (χ3v) is 1.11. The van der Waals surface area contributed by atoms with E-state index in [2.05, 4.69) is 6.72 Å². The van der Waals surface area contributed by atoms with Crippen LogP contribution in [-0.2, 0) is 0 Å². The molecule has 3 heteroatoms. The molecule has 5 heavy (non-hydrogen) atoms. The van der Waals surface area contributed by atoms with Crippen LogP contribution in [0.1, 0.15) is 6.92 Å². The van der Waals surface area contributed by atoms with Crippen LogP contribution in [0.3, 0.4) is 0 Å². The van der Waals surface area contributed by atoms with Gasteiger partial charge < -0.3 is 0 Å². The summed E-state index contributed by atoms with van der Waals surface area (Å²) in [6.45, 7) is 10.8. The second-order valence-electron chi connectivity index (χ2n) is 0.826. The van der Waals surface area contributed by atoms with Crippen LogP contribution in [0.25, 0.3) is 0 Å². The van der Waals surface area contributed by atoms with Gasteiger partial charge >= 0.3 is 35.5 Å². The van der Waals surface area contributed by atoms with Crippen LogP contribution in [0, 0.1) is 0 Å². The minimum absolute atomic E-state index is 0.0725. The molecule has 0 saturated carbocycles. The quantitative estimate of drug-likeness (QED) is 0.367. The van der Waals surface area contributed by atoms with Crippen molar-refractivity contribution in [1.29, 1.82) is 0 Å². The third-order valence-electron chi connectivity index (χ3n) is 0.371. The predicted octanol–water partition coefficient (Wildman–Crippen LogP) is 0.174. The topological polar surface area (TPSA) is 0 Å². The fraction of sp³-hybridized carbons (Fsp3) is 1.00. The molecule has 26 valence electrons. The maximum absolute atomic E-state index is 5.21. The molecule has 0 spiro atoms. The van der Waals surface area contributed by atoms with E-state index in [4.69, 9.17) is 6.53 Å². The summed E-state index contributed by atoms with van der Waals surface area (Å²) in [6.07, 6.45) is 0. The Morgan fingerprint density at radius 1 is 2.00 bits per heavy atom. The van der Waals surface area contributed by atoms with Crippen LogP contribution >= 0.6 is 9.56 Å². The van der Waals surface area contributed by atoms with E-state index in [1.165, 1.54) is 0 Å². The number of hydrogen-bond acceptors (Lipinski definition) is 0. The number of rotatable bonds is 0. The zero-order chi connectivity index (χ0) is 4.28. The predicted molar refractivity (Wildman–Crippen MR) is 31.0 cm³/mol. The van der Waals surface area contributed by atoms with Gasteiger partial charge in [0.2, 0.25) is 0 Å². The zero-order valence-corrected chi connectivity index (χ0v) is 4.22. The Morgan fingerprint density at radius 2 is 2.20 bits per heavy atom. The van der Waals surface area contributed by atoms with Gasteiger partial charge in [-0.05, 0) is 0 Å². The van der Waals surface area contributed by atoms with Gasteiger partial charge in [-0.15, -0.1) is 0 Å². The van der Waals surface area contributed by atoms with E-state index in [0.29, 0.717) is 0 Å². The van der Waals surface area contributed by atoms with E-state index in [-0.39, 0.29) is 9.56 Å². The van der Waals surface area contributed by atoms with Gasteiger partial charge in [0.25, 0.3) is 0 Å². The standard InChI is InChI=1S/C2H6B2S/c1-2-5(3)4/h3H,2H2,1H3. The summed E-state index contributed by atoms with van der Waals surface area (Å²) in [5, 5.41) is 0. The number of hydrogen-bond donors (Lipinski definition) is 0. The minimum atomic E-state index is -0.0725. The van der Waals surface area contributed by atoms with Crippen LogP contribution in [-0.4, -0.2) is 19.0 Å². The molecule has 0 aromatic carbocycles. The molecule has 0 unspecified atom stereocenters. The van der Waals surface area contributed by atoms with Crippen molar-refractivity contribution in [3.63, 3.8) is 0 Å². The van der Waals surface area contributed by atoms with Crippen molar-refractivity contribution >= 4 is 22.8 Å². The summed E-state index contributed by atoms with van der Waals surface area (Å²) >= 11 is 0. The van der Waals surface area contributed by atoms with Crippen molar-refractivity contribution in [3.8, 4) is 0 Å². The van der Waals surface area contributed by atoms with Crippen molar-refractivity contribution in [1.82, 2.24) is 0 Å². The van der Waals surface area contributed by atoms with Crippen LogP contribution in [0.15, 0.2) is 0 Å². The molecular formula is C2H6B2S. The van der Waals surface area contributed by atoms with Gasteiger partial charge in [0.1, 0.15) is 0 Å². The van der Waals surface area contributed by atoms with Crippen molar-refractivity contribution < 1.29 is 0 Å². The molecule has 0 saturated heterocycles. The molecule has 0 radical (unpaired) electrons. The second kappa shape index (κ2) is 2.58.